The Hall–Kier alpha value is -2.74. The Bertz CT molecular complexity index is 1320. The van der Waals surface area contributed by atoms with E-state index in [2.05, 4.69) is 32.7 Å². The highest BCUT2D eigenvalue weighted by Crippen LogP contribution is 2.34. The molecule has 3 rings (SSSR count). The third-order valence-electron chi connectivity index (χ3n) is 5.41. The fourth-order valence-electron chi connectivity index (χ4n) is 3.47. The Morgan fingerprint density at radius 2 is 2.00 bits per heavy atom. The van der Waals surface area contributed by atoms with E-state index in [1.165, 1.54) is 17.8 Å². The predicted molar refractivity (Wildman–Crippen MR) is 136 cm³/mol. The molecule has 36 heavy (non-hydrogen) atoms. The zero-order valence-electron chi connectivity index (χ0n) is 20.1. The number of ether oxygens (including phenoxy) is 2. The van der Waals surface area contributed by atoms with Crippen molar-refractivity contribution in [1.29, 1.82) is 0 Å². The van der Waals surface area contributed by atoms with Crippen LogP contribution in [-0.2, 0) is 24.3 Å². The smallest absolute Gasteiger partial charge is 0.425 e. The Morgan fingerprint density at radius 1 is 1.28 bits per heavy atom. The van der Waals surface area contributed by atoms with Gasteiger partial charge in [0.1, 0.15) is 18.2 Å². The molecule has 0 N–H and O–H groups in total. The molecule has 1 atom stereocenters. The molecule has 0 unspecified atom stereocenters. The Morgan fingerprint density at radius 3 is 2.61 bits per heavy atom. The van der Waals surface area contributed by atoms with Crippen molar-refractivity contribution in [3.05, 3.63) is 67.0 Å². The first kappa shape index (κ1) is 27.8. The Kier molecular flexibility index (Phi) is 8.93. The van der Waals surface area contributed by atoms with Crippen molar-refractivity contribution in [2.75, 3.05) is 7.11 Å². The molecule has 0 spiro atoms. The van der Waals surface area contributed by atoms with Gasteiger partial charge in [0.15, 0.2) is 17.7 Å². The third-order valence-corrected chi connectivity index (χ3v) is 6.36. The van der Waals surface area contributed by atoms with Crippen LogP contribution >= 0.6 is 22.6 Å². The van der Waals surface area contributed by atoms with Crippen molar-refractivity contribution in [3.8, 4) is 11.6 Å². The summed E-state index contributed by atoms with van der Waals surface area (Å²) in [5.41, 5.74) is 0.632. The zero-order valence-corrected chi connectivity index (χ0v) is 22.2. The van der Waals surface area contributed by atoms with E-state index in [4.69, 9.17) is 9.47 Å². The van der Waals surface area contributed by atoms with Crippen LogP contribution in [0.1, 0.15) is 43.3 Å². The molecule has 2 aromatic heterocycles. The highest BCUT2D eigenvalue weighted by molar-refractivity contribution is 14.1. The first-order valence-corrected chi connectivity index (χ1v) is 12.2. The van der Waals surface area contributed by atoms with Crippen LogP contribution in [-0.4, -0.2) is 38.7 Å². The summed E-state index contributed by atoms with van der Waals surface area (Å²) in [7, 11) is 1.44. The van der Waals surface area contributed by atoms with E-state index in [1.807, 2.05) is 19.1 Å². The highest BCUT2D eigenvalue weighted by Gasteiger charge is 2.38. The predicted octanol–water partition coefficient (Wildman–Crippen LogP) is 5.56. The zero-order chi connectivity index (χ0) is 26.6. The second kappa shape index (κ2) is 11.5. The SMILES string of the molecule is CCc1cccc(I)c1/C=C(\F)c1cnc(-n2nc(COC)n(CC)c2=O)cc1O[C@@H](C)C(F)(F)F. The minimum atomic E-state index is -4.70. The maximum Gasteiger partial charge on any atom is 0.425 e. The van der Waals surface area contributed by atoms with Crippen LogP contribution in [0.5, 0.6) is 5.75 Å². The summed E-state index contributed by atoms with van der Waals surface area (Å²) in [5, 5.41) is 4.18. The highest BCUT2D eigenvalue weighted by atomic mass is 127. The third kappa shape index (κ3) is 5.97. The van der Waals surface area contributed by atoms with E-state index in [-0.39, 0.29) is 24.5 Å². The summed E-state index contributed by atoms with van der Waals surface area (Å²) in [6.07, 6.45) is -4.02. The van der Waals surface area contributed by atoms with Gasteiger partial charge in [-0.25, -0.2) is 14.2 Å². The number of pyridine rings is 1. The molecule has 1 aromatic carbocycles. The summed E-state index contributed by atoms with van der Waals surface area (Å²) in [6.45, 7) is 4.79. The van der Waals surface area contributed by atoms with Gasteiger partial charge >= 0.3 is 11.9 Å². The van der Waals surface area contributed by atoms with Crippen molar-refractivity contribution in [2.45, 2.75) is 52.6 Å². The lowest BCUT2D eigenvalue weighted by Gasteiger charge is -2.19. The average molecular weight is 620 g/mol. The summed E-state index contributed by atoms with van der Waals surface area (Å²) >= 11 is 2.07. The maximum atomic E-state index is 15.5. The van der Waals surface area contributed by atoms with Crippen molar-refractivity contribution >= 4 is 34.5 Å². The fourth-order valence-corrected chi connectivity index (χ4v) is 4.18. The molecule has 0 amide bonds. The molecule has 3 aromatic rings. The van der Waals surface area contributed by atoms with E-state index >= 15 is 4.39 Å². The fraction of sp³-hybridized carbons (Fsp3) is 0.375. The van der Waals surface area contributed by atoms with Gasteiger partial charge in [0.2, 0.25) is 0 Å². The molecule has 194 valence electrons. The molecule has 2 heterocycles. The van der Waals surface area contributed by atoms with Crippen LogP contribution in [0.2, 0.25) is 0 Å². The van der Waals surface area contributed by atoms with Gasteiger partial charge in [-0.3, -0.25) is 4.57 Å². The van der Waals surface area contributed by atoms with E-state index in [0.29, 0.717) is 17.8 Å². The topological polar surface area (TPSA) is 71.2 Å². The van der Waals surface area contributed by atoms with E-state index in [0.717, 1.165) is 33.0 Å². The minimum absolute atomic E-state index is 0.0372. The minimum Gasteiger partial charge on any atom is -0.480 e. The number of aromatic nitrogens is 4. The summed E-state index contributed by atoms with van der Waals surface area (Å²) < 4.78 is 68.7. The van der Waals surface area contributed by atoms with Gasteiger partial charge < -0.3 is 9.47 Å². The van der Waals surface area contributed by atoms with Crippen molar-refractivity contribution in [1.82, 2.24) is 19.3 Å². The number of aryl methyl sites for hydroxylation is 1. The summed E-state index contributed by atoms with van der Waals surface area (Å²) in [6, 6.07) is 6.57. The number of methoxy groups -OCH3 is 1. The number of benzene rings is 1. The van der Waals surface area contributed by atoms with Crippen LogP contribution in [0, 0.1) is 3.57 Å². The maximum absolute atomic E-state index is 15.5. The van der Waals surface area contributed by atoms with Crippen LogP contribution in [0.25, 0.3) is 17.7 Å². The number of alkyl halides is 3. The van der Waals surface area contributed by atoms with Gasteiger partial charge in [0.05, 0.1) is 5.56 Å². The van der Waals surface area contributed by atoms with Gasteiger partial charge in [-0.1, -0.05) is 19.1 Å². The summed E-state index contributed by atoms with van der Waals surface area (Å²) in [5.74, 6) is -1.06. The molecular weight excluding hydrogens is 595 g/mol. The number of hydrogen-bond donors (Lipinski definition) is 0. The van der Waals surface area contributed by atoms with E-state index < -0.39 is 29.5 Å². The Balaban J connectivity index is 2.17. The van der Waals surface area contributed by atoms with E-state index in [1.54, 1.807) is 13.0 Å². The molecule has 0 aliphatic rings. The lowest BCUT2D eigenvalue weighted by Crippen LogP contribution is -2.31. The van der Waals surface area contributed by atoms with Crippen LogP contribution in [0.3, 0.4) is 0 Å². The molecule has 0 radical (unpaired) electrons. The van der Waals surface area contributed by atoms with Crippen molar-refractivity contribution in [2.24, 2.45) is 0 Å². The molecule has 0 saturated carbocycles. The molecule has 0 aliphatic carbocycles. The van der Waals surface area contributed by atoms with E-state index in [9.17, 15) is 18.0 Å². The quantitative estimate of drug-likeness (QED) is 0.232. The molecule has 0 fully saturated rings. The van der Waals surface area contributed by atoms with Gasteiger partial charge in [-0.2, -0.15) is 17.9 Å². The standard InChI is InChI=1S/C24H25F4IN4O3/c1-5-15-8-7-9-19(29)16(15)10-18(25)17-12-30-21(11-20(17)36-14(3)24(26,27)28)33-23(34)32(6-2)22(31-33)13-35-4/h7-12,14H,5-6,13H2,1-4H3/b18-10-/t14-/m0/s1. The number of rotatable bonds is 9. The van der Waals surface area contributed by atoms with Crippen molar-refractivity contribution < 1.29 is 27.0 Å². The molecule has 0 bridgehead atoms. The molecule has 12 heteroatoms. The molecule has 0 aliphatic heterocycles. The number of halogens is 5. The molecule has 7 nitrogen and oxygen atoms in total. The second-order valence-corrected chi connectivity index (χ2v) is 8.95. The largest absolute Gasteiger partial charge is 0.480 e. The summed E-state index contributed by atoms with van der Waals surface area (Å²) in [4.78, 5) is 16.9. The van der Waals surface area contributed by atoms with Gasteiger partial charge in [-0.05, 0) is 66.1 Å². The van der Waals surface area contributed by atoms with Crippen LogP contribution < -0.4 is 10.4 Å². The molecular formula is C24H25F4IN4O3. The van der Waals surface area contributed by atoms with Crippen LogP contribution in [0.4, 0.5) is 17.6 Å². The number of nitrogens with zero attached hydrogens (tertiary/aromatic N) is 4. The second-order valence-electron chi connectivity index (χ2n) is 7.79. The lowest BCUT2D eigenvalue weighted by atomic mass is 10.0. The van der Waals surface area contributed by atoms with Crippen LogP contribution in [0.15, 0.2) is 35.3 Å². The Labute approximate surface area is 218 Å². The average Bonchev–Trinajstić information content (AvgIpc) is 3.14. The van der Waals surface area contributed by atoms with Crippen molar-refractivity contribution in [3.63, 3.8) is 0 Å². The first-order valence-electron chi connectivity index (χ1n) is 11.1. The normalized spacial score (nSPS) is 13.2. The number of hydrogen-bond acceptors (Lipinski definition) is 5. The lowest BCUT2D eigenvalue weighted by molar-refractivity contribution is -0.189. The van der Waals surface area contributed by atoms with Gasteiger partial charge in [0, 0.05) is 29.5 Å². The van der Waals surface area contributed by atoms with Gasteiger partial charge in [0.25, 0.3) is 0 Å². The first-order chi connectivity index (χ1) is 17.0. The van der Waals surface area contributed by atoms with Gasteiger partial charge in [-0.15, -0.1) is 5.10 Å². The monoisotopic (exact) mass is 620 g/mol. The molecule has 0 saturated heterocycles.